The Morgan fingerprint density at radius 3 is 2.00 bits per heavy atom. The maximum atomic E-state index is 11.0. The molecule has 0 amide bonds. The Morgan fingerprint density at radius 1 is 1.14 bits per heavy atom. The van der Waals surface area contributed by atoms with Gasteiger partial charge in [0.05, 0.1) is 0 Å². The zero-order valence-electron chi connectivity index (χ0n) is 10.1. The normalized spacial score (nSPS) is 28.9. The smallest absolute Gasteiger partial charge is 0.130 e. The van der Waals surface area contributed by atoms with Crippen LogP contribution < -0.4 is 0 Å². The van der Waals surface area contributed by atoms with Crippen LogP contribution in [0.5, 0.6) is 0 Å². The summed E-state index contributed by atoms with van der Waals surface area (Å²) in [4.78, 5) is 11.0. The van der Waals surface area contributed by atoms with Gasteiger partial charge >= 0.3 is 0 Å². The molecule has 1 fully saturated rings. The third-order valence-corrected chi connectivity index (χ3v) is 3.65. The van der Waals surface area contributed by atoms with E-state index in [1.807, 2.05) is 0 Å². The molecule has 0 aromatic rings. The van der Waals surface area contributed by atoms with E-state index in [9.17, 15) is 4.79 Å². The van der Waals surface area contributed by atoms with E-state index < -0.39 is 0 Å². The van der Waals surface area contributed by atoms with Crippen LogP contribution in [0.15, 0.2) is 0 Å². The van der Waals surface area contributed by atoms with Crippen molar-refractivity contribution in [3.8, 4) is 0 Å². The summed E-state index contributed by atoms with van der Waals surface area (Å²) >= 11 is 0. The number of hydrogen-bond acceptors (Lipinski definition) is 1. The molecule has 1 heteroatoms. The Labute approximate surface area is 88.3 Å². The number of carbonyl (C=O) groups is 1. The standard InChI is InChI=1S/C13H24O/c1-10(14)9-11-5-7-12(8-6-11)13(2,3)4/h11-12H,5-9H2,1-4H3/t11-,12-. The van der Waals surface area contributed by atoms with Crippen molar-refractivity contribution in [2.75, 3.05) is 0 Å². The zero-order valence-corrected chi connectivity index (χ0v) is 10.1. The summed E-state index contributed by atoms with van der Waals surface area (Å²) < 4.78 is 0. The molecular weight excluding hydrogens is 172 g/mol. The first-order valence-electron chi connectivity index (χ1n) is 5.89. The summed E-state index contributed by atoms with van der Waals surface area (Å²) in [5.74, 6) is 1.92. The van der Waals surface area contributed by atoms with E-state index in [1.54, 1.807) is 6.92 Å². The first-order valence-corrected chi connectivity index (χ1v) is 5.89. The first kappa shape index (κ1) is 11.7. The molecule has 82 valence electrons. The molecule has 0 heterocycles. The van der Waals surface area contributed by atoms with E-state index in [1.165, 1.54) is 25.7 Å². The Morgan fingerprint density at radius 2 is 1.64 bits per heavy atom. The van der Waals surface area contributed by atoms with Crippen LogP contribution in [0.4, 0.5) is 0 Å². The largest absolute Gasteiger partial charge is 0.300 e. The predicted molar refractivity (Wildman–Crippen MR) is 60.2 cm³/mol. The van der Waals surface area contributed by atoms with Crippen molar-refractivity contribution in [2.45, 2.75) is 59.8 Å². The third kappa shape index (κ3) is 3.43. The second-order valence-electron chi connectivity index (χ2n) is 5.99. The lowest BCUT2D eigenvalue weighted by Crippen LogP contribution is -2.26. The van der Waals surface area contributed by atoms with Gasteiger partial charge in [-0.15, -0.1) is 0 Å². The average molecular weight is 196 g/mol. The summed E-state index contributed by atoms with van der Waals surface area (Å²) in [5, 5.41) is 0. The van der Waals surface area contributed by atoms with Gasteiger partial charge in [0.1, 0.15) is 5.78 Å². The topological polar surface area (TPSA) is 17.1 Å². The van der Waals surface area contributed by atoms with Crippen LogP contribution in [-0.2, 0) is 4.79 Å². The van der Waals surface area contributed by atoms with Crippen molar-refractivity contribution in [3.05, 3.63) is 0 Å². The number of Topliss-reactive ketones (excluding diaryl/α,β-unsaturated/α-hetero) is 1. The lowest BCUT2D eigenvalue weighted by molar-refractivity contribution is -0.118. The summed E-state index contributed by atoms with van der Waals surface area (Å²) in [5.41, 5.74) is 0.460. The van der Waals surface area contributed by atoms with Gasteiger partial charge in [-0.1, -0.05) is 20.8 Å². The fraction of sp³-hybridized carbons (Fsp3) is 0.923. The molecule has 1 saturated carbocycles. The predicted octanol–water partition coefficient (Wildman–Crippen LogP) is 3.82. The maximum Gasteiger partial charge on any atom is 0.130 e. The van der Waals surface area contributed by atoms with Gasteiger partial charge in [0.2, 0.25) is 0 Å². The molecule has 0 aliphatic heterocycles. The minimum absolute atomic E-state index is 0.365. The molecule has 0 N–H and O–H groups in total. The van der Waals surface area contributed by atoms with Crippen LogP contribution in [0.1, 0.15) is 59.8 Å². The van der Waals surface area contributed by atoms with Gasteiger partial charge in [-0.2, -0.15) is 0 Å². The number of ketones is 1. The molecule has 0 radical (unpaired) electrons. The van der Waals surface area contributed by atoms with E-state index in [4.69, 9.17) is 0 Å². The lowest BCUT2D eigenvalue weighted by atomic mass is 9.69. The maximum absolute atomic E-state index is 11.0. The van der Waals surface area contributed by atoms with Gasteiger partial charge in [-0.3, -0.25) is 0 Å². The minimum Gasteiger partial charge on any atom is -0.300 e. The average Bonchev–Trinajstić information content (AvgIpc) is 2.02. The summed E-state index contributed by atoms with van der Waals surface area (Å²) in [6, 6.07) is 0. The molecule has 0 aromatic heterocycles. The first-order chi connectivity index (χ1) is 6.39. The summed E-state index contributed by atoms with van der Waals surface area (Å²) in [6.45, 7) is 8.73. The van der Waals surface area contributed by atoms with E-state index in [2.05, 4.69) is 20.8 Å². The highest BCUT2D eigenvalue weighted by atomic mass is 16.1. The molecule has 0 unspecified atom stereocenters. The van der Waals surface area contributed by atoms with Crippen molar-refractivity contribution in [2.24, 2.45) is 17.3 Å². The molecule has 1 aliphatic carbocycles. The van der Waals surface area contributed by atoms with Crippen LogP contribution in [0.3, 0.4) is 0 Å². The summed E-state index contributed by atoms with van der Waals surface area (Å²) in [7, 11) is 0. The second kappa shape index (κ2) is 4.46. The molecule has 0 atom stereocenters. The van der Waals surface area contributed by atoms with E-state index in [-0.39, 0.29) is 0 Å². The van der Waals surface area contributed by atoms with Gasteiger partial charge in [0, 0.05) is 6.42 Å². The Hall–Kier alpha value is -0.330. The molecule has 0 bridgehead atoms. The van der Waals surface area contributed by atoms with Gasteiger partial charge in [0.25, 0.3) is 0 Å². The molecular formula is C13H24O. The Kier molecular flexibility index (Phi) is 3.74. The third-order valence-electron chi connectivity index (χ3n) is 3.65. The van der Waals surface area contributed by atoms with Crippen LogP contribution >= 0.6 is 0 Å². The second-order valence-corrected chi connectivity index (χ2v) is 5.99. The number of rotatable bonds is 2. The van der Waals surface area contributed by atoms with E-state index in [0.717, 1.165) is 12.3 Å². The molecule has 0 spiro atoms. The molecule has 1 rings (SSSR count). The van der Waals surface area contributed by atoms with Crippen LogP contribution in [0, 0.1) is 17.3 Å². The highest BCUT2D eigenvalue weighted by molar-refractivity contribution is 5.75. The molecule has 1 nitrogen and oxygen atoms in total. The molecule has 1 aliphatic rings. The van der Waals surface area contributed by atoms with Crippen molar-refractivity contribution in [3.63, 3.8) is 0 Å². The van der Waals surface area contributed by atoms with E-state index in [0.29, 0.717) is 17.1 Å². The van der Waals surface area contributed by atoms with E-state index >= 15 is 0 Å². The molecule has 14 heavy (non-hydrogen) atoms. The zero-order chi connectivity index (χ0) is 10.8. The minimum atomic E-state index is 0.365. The van der Waals surface area contributed by atoms with Crippen LogP contribution in [0.2, 0.25) is 0 Å². The Bertz CT molecular complexity index is 192. The van der Waals surface area contributed by atoms with Crippen LogP contribution in [-0.4, -0.2) is 5.78 Å². The highest BCUT2D eigenvalue weighted by Crippen LogP contribution is 2.40. The van der Waals surface area contributed by atoms with Crippen molar-refractivity contribution >= 4 is 5.78 Å². The van der Waals surface area contributed by atoms with Gasteiger partial charge in [-0.25, -0.2) is 0 Å². The van der Waals surface area contributed by atoms with Crippen molar-refractivity contribution in [1.82, 2.24) is 0 Å². The molecule has 0 aromatic carbocycles. The quantitative estimate of drug-likeness (QED) is 0.656. The van der Waals surface area contributed by atoms with Gasteiger partial charge < -0.3 is 4.79 Å². The Balaban J connectivity index is 2.35. The fourth-order valence-corrected chi connectivity index (χ4v) is 2.64. The summed E-state index contributed by atoms with van der Waals surface area (Å²) in [6.07, 6.45) is 5.99. The van der Waals surface area contributed by atoms with Gasteiger partial charge in [-0.05, 0) is 49.9 Å². The highest BCUT2D eigenvalue weighted by Gasteiger charge is 2.29. The monoisotopic (exact) mass is 196 g/mol. The fourth-order valence-electron chi connectivity index (χ4n) is 2.64. The van der Waals surface area contributed by atoms with Crippen LogP contribution in [0.25, 0.3) is 0 Å². The molecule has 0 saturated heterocycles. The lowest BCUT2D eigenvalue weighted by Gasteiger charge is -2.36. The SMILES string of the molecule is CC(=O)C[C@H]1CC[C@H](C(C)(C)C)CC1. The van der Waals surface area contributed by atoms with Crippen molar-refractivity contribution < 1.29 is 4.79 Å². The van der Waals surface area contributed by atoms with Crippen molar-refractivity contribution in [1.29, 1.82) is 0 Å². The van der Waals surface area contributed by atoms with Gasteiger partial charge in [0.15, 0.2) is 0 Å². The number of hydrogen-bond donors (Lipinski definition) is 0. The number of carbonyl (C=O) groups excluding carboxylic acids is 1.